The Balaban J connectivity index is 1.19. The smallest absolute Gasteiger partial charge is 0.204 e. The molecule has 0 saturated carbocycles. The maximum Gasteiger partial charge on any atom is 0.204 e. The van der Waals surface area contributed by atoms with Gasteiger partial charge in [0.2, 0.25) is 5.75 Å². The van der Waals surface area contributed by atoms with E-state index in [9.17, 15) is 8.42 Å². The third kappa shape index (κ3) is 8.31. The molecule has 0 spiro atoms. The number of methoxy groups -OCH3 is 1. The number of ether oxygens (including phenoxy) is 1. The minimum atomic E-state index is -3.48. The second-order valence-electron chi connectivity index (χ2n) is 12.8. The zero-order valence-corrected chi connectivity index (χ0v) is 29.9. The third-order valence-corrected chi connectivity index (χ3v) is 11.9. The molecule has 2 saturated heterocycles. The molecular formula is C35H46N8O3S2. The molecule has 2 aromatic heterocycles. The number of aromatic amines is 1. The van der Waals surface area contributed by atoms with Crippen molar-refractivity contribution < 1.29 is 13.2 Å². The van der Waals surface area contributed by atoms with Crippen molar-refractivity contribution in [3.05, 3.63) is 71.9 Å². The maximum absolute atomic E-state index is 13.1. The third-order valence-electron chi connectivity index (χ3n) is 9.30. The summed E-state index contributed by atoms with van der Waals surface area (Å²) >= 11 is 1.38. The van der Waals surface area contributed by atoms with Crippen LogP contribution in [0.25, 0.3) is 0 Å². The van der Waals surface area contributed by atoms with Crippen molar-refractivity contribution in [1.82, 2.24) is 30.0 Å². The number of piperazine rings is 1. The number of H-pyrrole nitrogens is 1. The van der Waals surface area contributed by atoms with E-state index in [1.165, 1.54) is 31.0 Å². The van der Waals surface area contributed by atoms with Gasteiger partial charge >= 0.3 is 0 Å². The number of nitrogens with zero attached hydrogens (tertiary/aromatic N) is 6. The number of nitrogens with one attached hydrogen (secondary N) is 2. The summed E-state index contributed by atoms with van der Waals surface area (Å²) in [5.41, 5.74) is 1.68. The van der Waals surface area contributed by atoms with E-state index in [0.29, 0.717) is 34.6 Å². The predicted octanol–water partition coefficient (Wildman–Crippen LogP) is 5.77. The first-order valence-corrected chi connectivity index (χ1v) is 19.2. The Hall–Kier alpha value is -3.65. The molecule has 2 aliphatic rings. The van der Waals surface area contributed by atoms with Crippen LogP contribution in [0.15, 0.2) is 75.6 Å². The molecular weight excluding hydrogens is 645 g/mol. The molecule has 13 heteroatoms. The largest absolute Gasteiger partial charge is 0.490 e. The van der Waals surface area contributed by atoms with Gasteiger partial charge in [-0.3, -0.25) is 14.9 Å². The van der Waals surface area contributed by atoms with Crippen molar-refractivity contribution in [1.29, 1.82) is 0 Å². The van der Waals surface area contributed by atoms with Gasteiger partial charge in [0, 0.05) is 68.0 Å². The molecule has 0 radical (unpaired) electrons. The number of rotatable bonds is 12. The Morgan fingerprint density at radius 2 is 1.67 bits per heavy atom. The number of benzene rings is 2. The van der Waals surface area contributed by atoms with Crippen LogP contribution in [0.2, 0.25) is 0 Å². The van der Waals surface area contributed by atoms with Crippen LogP contribution in [0, 0.1) is 6.92 Å². The molecule has 48 heavy (non-hydrogen) atoms. The molecule has 4 heterocycles. The van der Waals surface area contributed by atoms with Gasteiger partial charge in [-0.25, -0.2) is 18.4 Å². The van der Waals surface area contributed by atoms with E-state index in [4.69, 9.17) is 14.7 Å². The molecule has 2 N–H and O–H groups in total. The monoisotopic (exact) mass is 690 g/mol. The fourth-order valence-corrected chi connectivity index (χ4v) is 8.71. The van der Waals surface area contributed by atoms with Crippen LogP contribution in [-0.2, 0) is 15.6 Å². The van der Waals surface area contributed by atoms with Gasteiger partial charge in [0.15, 0.2) is 32.4 Å². The molecule has 2 aliphatic heterocycles. The molecule has 2 aromatic carbocycles. The predicted molar refractivity (Wildman–Crippen MR) is 191 cm³/mol. The van der Waals surface area contributed by atoms with Gasteiger partial charge in [0.1, 0.15) is 0 Å². The molecule has 0 aliphatic carbocycles. The molecule has 256 valence electrons. The van der Waals surface area contributed by atoms with Gasteiger partial charge in [-0.1, -0.05) is 36.8 Å². The second-order valence-corrected chi connectivity index (χ2v) is 15.8. The lowest BCUT2D eigenvalue weighted by Crippen LogP contribution is -2.51. The summed E-state index contributed by atoms with van der Waals surface area (Å²) in [7, 11) is -1.84. The number of hydrogen-bond donors (Lipinski definition) is 2. The lowest BCUT2D eigenvalue weighted by Gasteiger charge is -2.41. The van der Waals surface area contributed by atoms with Crippen molar-refractivity contribution in [2.24, 2.45) is 0 Å². The standard InChI is InChI=1S/C35H46N8O3S2/c1-25-23-31(40-39-25)36-33-32(46-4)34(42-20-17-41(18-21-42)19-22-43-26(2)9-8-10-27(43)3)38-35(37-33)47-29-13-15-30(16-14-29)48(44,45)24-28-11-6-5-7-12-28/h5-7,11-16,23,26-27H,8-10,17-22,24H2,1-4H3,(H2,36,37,38,39,40). The van der Waals surface area contributed by atoms with Crippen molar-refractivity contribution in [2.45, 2.75) is 72.8 Å². The number of aryl methyl sites for hydroxylation is 1. The molecule has 2 unspecified atom stereocenters. The molecule has 2 atom stereocenters. The number of likely N-dealkylation sites (tertiary alicyclic amines) is 1. The molecule has 0 bridgehead atoms. The SMILES string of the molecule is COc1c(Nc2cc(C)[nH]n2)nc(Sc2ccc(S(=O)(=O)Cc3ccccc3)cc2)nc1N1CCN(CCN2C(C)CCCC2C)CC1. The van der Waals surface area contributed by atoms with Crippen molar-refractivity contribution in [3.8, 4) is 5.75 Å². The average molecular weight is 691 g/mol. The van der Waals surface area contributed by atoms with Gasteiger partial charge in [-0.05, 0) is 75.2 Å². The van der Waals surface area contributed by atoms with E-state index in [-0.39, 0.29) is 10.6 Å². The number of piperidine rings is 1. The Morgan fingerprint density at radius 3 is 2.31 bits per heavy atom. The Bertz CT molecular complexity index is 1750. The van der Waals surface area contributed by atoms with Gasteiger partial charge in [0.05, 0.1) is 17.8 Å². The number of hydrogen-bond acceptors (Lipinski definition) is 11. The highest BCUT2D eigenvalue weighted by atomic mass is 32.2. The van der Waals surface area contributed by atoms with E-state index in [1.54, 1.807) is 19.2 Å². The lowest BCUT2D eigenvalue weighted by atomic mass is 9.97. The number of sulfone groups is 1. The first-order valence-electron chi connectivity index (χ1n) is 16.7. The summed E-state index contributed by atoms with van der Waals surface area (Å²) in [5, 5.41) is 11.2. The van der Waals surface area contributed by atoms with Crippen LogP contribution >= 0.6 is 11.8 Å². The normalized spacial score (nSPS) is 19.4. The van der Waals surface area contributed by atoms with Crippen LogP contribution in [0.5, 0.6) is 5.75 Å². The summed E-state index contributed by atoms with van der Waals surface area (Å²) in [5.74, 6) is 2.40. The maximum atomic E-state index is 13.1. The van der Waals surface area contributed by atoms with Crippen LogP contribution in [-0.4, -0.2) is 96.8 Å². The summed E-state index contributed by atoms with van der Waals surface area (Å²) in [4.78, 5) is 18.4. The highest BCUT2D eigenvalue weighted by Crippen LogP contribution is 2.38. The molecule has 4 aromatic rings. The summed E-state index contributed by atoms with van der Waals surface area (Å²) < 4.78 is 32.1. The van der Waals surface area contributed by atoms with Crippen LogP contribution in [0.4, 0.5) is 17.5 Å². The van der Waals surface area contributed by atoms with Crippen molar-refractivity contribution in [2.75, 3.05) is 56.6 Å². The number of anilines is 3. The summed E-state index contributed by atoms with van der Waals surface area (Å²) in [6.45, 7) is 12.3. The van der Waals surface area contributed by atoms with Crippen LogP contribution in [0.1, 0.15) is 44.4 Å². The summed E-state index contributed by atoms with van der Waals surface area (Å²) in [6, 6.07) is 19.4. The highest BCUT2D eigenvalue weighted by molar-refractivity contribution is 7.99. The topological polar surface area (TPSA) is 120 Å². The van der Waals surface area contributed by atoms with Crippen molar-refractivity contribution >= 4 is 39.1 Å². The van der Waals surface area contributed by atoms with Gasteiger partial charge in [-0.2, -0.15) is 5.10 Å². The zero-order valence-electron chi connectivity index (χ0n) is 28.2. The van der Waals surface area contributed by atoms with E-state index >= 15 is 0 Å². The quantitative estimate of drug-likeness (QED) is 0.176. The highest BCUT2D eigenvalue weighted by Gasteiger charge is 2.28. The minimum Gasteiger partial charge on any atom is -0.490 e. The number of aromatic nitrogens is 4. The van der Waals surface area contributed by atoms with Crippen LogP contribution in [0.3, 0.4) is 0 Å². The fourth-order valence-electron chi connectivity index (χ4n) is 6.61. The van der Waals surface area contributed by atoms with E-state index in [2.05, 4.69) is 44.1 Å². The second kappa shape index (κ2) is 15.3. The fraction of sp³-hybridized carbons (Fsp3) is 0.457. The molecule has 0 amide bonds. The van der Waals surface area contributed by atoms with E-state index in [0.717, 1.165) is 61.2 Å². The zero-order chi connectivity index (χ0) is 33.7. The Kier molecular flexibility index (Phi) is 10.9. The average Bonchev–Trinajstić information content (AvgIpc) is 3.49. The molecule has 6 rings (SSSR count). The molecule has 2 fully saturated rings. The summed E-state index contributed by atoms with van der Waals surface area (Å²) in [6.07, 6.45) is 3.91. The van der Waals surface area contributed by atoms with E-state index in [1.807, 2.05) is 55.5 Å². The van der Waals surface area contributed by atoms with Crippen molar-refractivity contribution in [3.63, 3.8) is 0 Å². The van der Waals surface area contributed by atoms with Crippen LogP contribution < -0.4 is 15.0 Å². The van der Waals surface area contributed by atoms with Gasteiger partial charge < -0.3 is 15.0 Å². The lowest BCUT2D eigenvalue weighted by molar-refractivity contribution is 0.0863. The minimum absolute atomic E-state index is 0.0449. The van der Waals surface area contributed by atoms with E-state index < -0.39 is 9.84 Å². The Morgan fingerprint density at radius 1 is 0.958 bits per heavy atom. The first kappa shape index (κ1) is 34.2. The van der Waals surface area contributed by atoms with Gasteiger partial charge in [-0.15, -0.1) is 0 Å². The first-order chi connectivity index (χ1) is 23.2. The van der Waals surface area contributed by atoms with Gasteiger partial charge in [0.25, 0.3) is 0 Å². The molecule has 11 nitrogen and oxygen atoms in total. The Labute approximate surface area is 288 Å².